The Balaban J connectivity index is 1.55. The van der Waals surface area contributed by atoms with Crippen molar-refractivity contribution in [1.82, 2.24) is 14.9 Å². The number of halogens is 2. The molecule has 2 aromatic rings. The third-order valence-electron chi connectivity index (χ3n) is 5.81. The van der Waals surface area contributed by atoms with Crippen LogP contribution in [0.25, 0.3) is 11.6 Å². The second-order valence-corrected chi connectivity index (χ2v) is 8.83. The van der Waals surface area contributed by atoms with Crippen LogP contribution in [0.4, 0.5) is 5.82 Å². The molecule has 0 aliphatic carbocycles. The fourth-order valence-corrected chi connectivity index (χ4v) is 4.68. The van der Waals surface area contributed by atoms with Crippen LogP contribution in [-0.2, 0) is 16.1 Å². The Morgan fingerprint density at radius 3 is 2.61 bits per heavy atom. The predicted molar refractivity (Wildman–Crippen MR) is 124 cm³/mol. The van der Waals surface area contributed by atoms with Gasteiger partial charge >= 0.3 is 5.69 Å². The Bertz CT molecular complexity index is 1030. The molecule has 166 valence electrons. The van der Waals surface area contributed by atoms with E-state index in [0.29, 0.717) is 41.3 Å². The van der Waals surface area contributed by atoms with E-state index in [1.165, 1.54) is 4.57 Å². The number of carbonyl (C=O) groups excluding carboxylic acids is 1. The molecular weight excluding hydrogens is 439 g/mol. The number of nitrogens with zero attached hydrogens (tertiary/aromatic N) is 2. The van der Waals surface area contributed by atoms with Gasteiger partial charge in [-0.15, -0.1) is 0 Å². The highest BCUT2D eigenvalue weighted by Gasteiger charge is 2.26. The Morgan fingerprint density at radius 1 is 1.23 bits per heavy atom. The molecule has 4 rings (SSSR count). The van der Waals surface area contributed by atoms with Gasteiger partial charge in [-0.3, -0.25) is 9.36 Å². The van der Waals surface area contributed by atoms with Crippen molar-refractivity contribution >= 4 is 46.6 Å². The van der Waals surface area contributed by atoms with Gasteiger partial charge in [0.1, 0.15) is 12.4 Å². The number of benzene rings is 1. The normalized spacial score (nSPS) is 16.7. The second-order valence-electron chi connectivity index (χ2n) is 7.96. The van der Waals surface area contributed by atoms with E-state index >= 15 is 0 Å². The minimum absolute atomic E-state index is 0.0173. The van der Waals surface area contributed by atoms with E-state index in [1.807, 2.05) is 25.1 Å². The summed E-state index contributed by atoms with van der Waals surface area (Å²) in [6.45, 7) is 5.36. The number of H-pyrrole nitrogens is 1. The van der Waals surface area contributed by atoms with Crippen LogP contribution >= 0.6 is 23.2 Å². The Hall–Kier alpha value is -2.22. The van der Waals surface area contributed by atoms with E-state index in [1.54, 1.807) is 6.07 Å². The maximum absolute atomic E-state index is 12.7. The minimum Gasteiger partial charge on any atom is -0.381 e. The molecule has 2 aliphatic rings. The molecule has 9 heteroatoms. The number of hydrogen-bond donors (Lipinski definition) is 2. The number of imidazole rings is 1. The monoisotopic (exact) mass is 464 g/mol. The number of anilines is 1. The summed E-state index contributed by atoms with van der Waals surface area (Å²) in [5.41, 5.74) is 2.29. The van der Waals surface area contributed by atoms with E-state index in [0.717, 1.165) is 43.0 Å². The largest absolute Gasteiger partial charge is 0.381 e. The molecule has 0 unspecified atom stereocenters. The molecule has 0 saturated carbocycles. The minimum atomic E-state index is -0.300. The number of rotatable bonds is 6. The highest BCUT2D eigenvalue weighted by Crippen LogP contribution is 2.33. The van der Waals surface area contributed by atoms with Crippen molar-refractivity contribution in [2.24, 2.45) is 5.92 Å². The summed E-state index contributed by atoms with van der Waals surface area (Å²) in [6, 6.07) is 5.41. The van der Waals surface area contributed by atoms with Crippen LogP contribution < -0.4 is 15.9 Å². The molecule has 7 nitrogen and oxygen atoms in total. The highest BCUT2D eigenvalue weighted by atomic mass is 35.5. The van der Waals surface area contributed by atoms with Crippen LogP contribution in [-0.4, -0.2) is 48.3 Å². The third kappa shape index (κ3) is 5.00. The molecule has 2 N–H and O–H groups in total. The molecule has 1 fully saturated rings. The molecule has 0 atom stereocenters. The standard InChI is InChI=1S/C22H26Cl2N4O3/c1-2-27-12-16(15-7-17(23)10-18(24)8-15)9-19-21(27)28(22(30)26-19)13-20(29)25-11-14-3-5-31-6-4-14/h7-10,14H,2-6,11-13H2,1H3,(H,25,29)(H,26,30). The summed E-state index contributed by atoms with van der Waals surface area (Å²) < 4.78 is 6.87. The van der Waals surface area contributed by atoms with Crippen molar-refractivity contribution in [3.63, 3.8) is 0 Å². The number of nitrogens with one attached hydrogen (secondary N) is 2. The number of likely N-dealkylation sites (N-methyl/N-ethyl adjacent to an activating group) is 1. The van der Waals surface area contributed by atoms with Gasteiger partial charge in [-0.1, -0.05) is 23.2 Å². The molecule has 1 aromatic heterocycles. The lowest BCUT2D eigenvalue weighted by atomic mass is 10.0. The van der Waals surface area contributed by atoms with Gasteiger partial charge in [0.25, 0.3) is 0 Å². The van der Waals surface area contributed by atoms with Crippen LogP contribution in [0.15, 0.2) is 23.0 Å². The van der Waals surface area contributed by atoms with Gasteiger partial charge < -0.3 is 19.9 Å². The molecule has 0 bridgehead atoms. The van der Waals surface area contributed by atoms with Crippen LogP contribution in [0.1, 0.15) is 31.0 Å². The molecule has 0 spiro atoms. The number of aromatic amines is 1. The van der Waals surface area contributed by atoms with Crippen molar-refractivity contribution in [3.05, 3.63) is 50.0 Å². The van der Waals surface area contributed by atoms with Crippen LogP contribution in [0, 0.1) is 5.92 Å². The second kappa shape index (κ2) is 9.51. The zero-order chi connectivity index (χ0) is 22.0. The molecule has 1 saturated heterocycles. The van der Waals surface area contributed by atoms with Gasteiger partial charge in [-0.25, -0.2) is 4.79 Å². The van der Waals surface area contributed by atoms with Gasteiger partial charge in [-0.2, -0.15) is 0 Å². The molecule has 0 radical (unpaired) electrons. The SMILES string of the molecule is CCN1CC(c2cc(Cl)cc(Cl)c2)=Cc2[nH]c(=O)n(CC(=O)NCC3CCOCC3)c21. The van der Waals surface area contributed by atoms with Gasteiger partial charge in [0.2, 0.25) is 5.91 Å². The lowest BCUT2D eigenvalue weighted by Gasteiger charge is -2.29. The first-order chi connectivity index (χ1) is 14.9. The van der Waals surface area contributed by atoms with Crippen LogP contribution in [0.2, 0.25) is 10.0 Å². The van der Waals surface area contributed by atoms with Crippen molar-refractivity contribution in [2.75, 3.05) is 37.7 Å². The summed E-state index contributed by atoms with van der Waals surface area (Å²) >= 11 is 12.3. The topological polar surface area (TPSA) is 79.4 Å². The maximum Gasteiger partial charge on any atom is 0.328 e. The molecule has 3 heterocycles. The Morgan fingerprint density at radius 2 is 1.94 bits per heavy atom. The number of amides is 1. The Kier molecular flexibility index (Phi) is 6.74. The number of ether oxygens (including phenoxy) is 1. The van der Waals surface area contributed by atoms with E-state index < -0.39 is 0 Å². The smallest absolute Gasteiger partial charge is 0.328 e. The number of carbonyl (C=O) groups is 1. The van der Waals surface area contributed by atoms with Crippen molar-refractivity contribution < 1.29 is 9.53 Å². The first kappa shape index (κ1) is 22.0. The summed E-state index contributed by atoms with van der Waals surface area (Å²) in [6.07, 6.45) is 3.83. The average Bonchev–Trinajstić information content (AvgIpc) is 3.06. The fraction of sp³-hybridized carbons (Fsp3) is 0.455. The van der Waals surface area contributed by atoms with E-state index in [4.69, 9.17) is 27.9 Å². The summed E-state index contributed by atoms with van der Waals surface area (Å²) in [4.78, 5) is 30.2. The quantitative estimate of drug-likeness (QED) is 0.686. The summed E-state index contributed by atoms with van der Waals surface area (Å²) in [5, 5.41) is 4.09. The van der Waals surface area contributed by atoms with Crippen LogP contribution in [0.3, 0.4) is 0 Å². The van der Waals surface area contributed by atoms with Crippen molar-refractivity contribution in [2.45, 2.75) is 26.3 Å². The lowest BCUT2D eigenvalue weighted by molar-refractivity contribution is -0.122. The van der Waals surface area contributed by atoms with Gasteiger partial charge in [0.15, 0.2) is 0 Å². The van der Waals surface area contributed by atoms with Crippen molar-refractivity contribution in [1.29, 1.82) is 0 Å². The maximum atomic E-state index is 12.7. The zero-order valence-electron chi connectivity index (χ0n) is 17.4. The van der Waals surface area contributed by atoms with Crippen LogP contribution in [0.5, 0.6) is 0 Å². The van der Waals surface area contributed by atoms with Gasteiger partial charge in [0.05, 0.1) is 5.69 Å². The zero-order valence-corrected chi connectivity index (χ0v) is 18.9. The molecular formula is C22H26Cl2N4O3. The molecule has 31 heavy (non-hydrogen) atoms. The molecule has 2 aliphatic heterocycles. The third-order valence-corrected chi connectivity index (χ3v) is 6.24. The average molecular weight is 465 g/mol. The first-order valence-corrected chi connectivity index (χ1v) is 11.3. The summed E-state index contributed by atoms with van der Waals surface area (Å²) in [7, 11) is 0. The van der Waals surface area contributed by atoms with E-state index in [2.05, 4.69) is 15.2 Å². The highest BCUT2D eigenvalue weighted by molar-refractivity contribution is 6.35. The van der Waals surface area contributed by atoms with Gasteiger partial charge in [0, 0.05) is 42.9 Å². The summed E-state index contributed by atoms with van der Waals surface area (Å²) in [5.74, 6) is 0.991. The number of fused-ring (bicyclic) bond motifs is 1. The fourth-order valence-electron chi connectivity index (χ4n) is 4.15. The Labute approximate surface area is 191 Å². The number of aromatic nitrogens is 2. The predicted octanol–water partition coefficient (Wildman–Crippen LogP) is 3.41. The van der Waals surface area contributed by atoms with E-state index in [-0.39, 0.29) is 18.1 Å². The van der Waals surface area contributed by atoms with Crippen molar-refractivity contribution in [3.8, 4) is 0 Å². The first-order valence-electron chi connectivity index (χ1n) is 10.5. The van der Waals surface area contributed by atoms with E-state index in [9.17, 15) is 9.59 Å². The molecule has 1 aromatic carbocycles. The number of hydrogen-bond acceptors (Lipinski definition) is 4. The molecule has 1 amide bonds. The lowest BCUT2D eigenvalue weighted by Crippen LogP contribution is -2.38. The van der Waals surface area contributed by atoms with Gasteiger partial charge in [-0.05, 0) is 61.1 Å².